The van der Waals surface area contributed by atoms with Crippen molar-refractivity contribution < 1.29 is 14.3 Å². The zero-order chi connectivity index (χ0) is 19.1. The van der Waals surface area contributed by atoms with E-state index in [1.54, 1.807) is 24.3 Å². The summed E-state index contributed by atoms with van der Waals surface area (Å²) in [7, 11) is 0. The molecule has 0 saturated carbocycles. The van der Waals surface area contributed by atoms with Crippen LogP contribution in [0.15, 0.2) is 54.6 Å². The summed E-state index contributed by atoms with van der Waals surface area (Å²) >= 11 is 0. The van der Waals surface area contributed by atoms with Gasteiger partial charge in [0, 0.05) is 13.1 Å². The second-order valence-electron chi connectivity index (χ2n) is 6.59. The third-order valence-electron chi connectivity index (χ3n) is 4.63. The van der Waals surface area contributed by atoms with Gasteiger partial charge in [-0.2, -0.15) is 0 Å². The van der Waals surface area contributed by atoms with Crippen LogP contribution in [-0.2, 0) is 16.0 Å². The van der Waals surface area contributed by atoms with Gasteiger partial charge in [-0.15, -0.1) is 12.4 Å². The summed E-state index contributed by atoms with van der Waals surface area (Å²) in [4.78, 5) is 25.0. The highest BCUT2D eigenvalue weighted by molar-refractivity contribution is 6.04. The molecule has 1 saturated heterocycles. The Morgan fingerprint density at radius 1 is 1.04 bits per heavy atom. The van der Waals surface area contributed by atoms with Crippen LogP contribution in [0.25, 0.3) is 0 Å². The zero-order valence-corrected chi connectivity index (χ0v) is 16.4. The van der Waals surface area contributed by atoms with E-state index in [0.29, 0.717) is 30.8 Å². The average Bonchev–Trinajstić information content (AvgIpc) is 3.18. The van der Waals surface area contributed by atoms with Crippen LogP contribution in [0.5, 0.6) is 0 Å². The maximum absolute atomic E-state index is 12.5. The molecule has 4 N–H and O–H groups in total. The number of para-hydroxylation sites is 1. The predicted octanol–water partition coefficient (Wildman–Crippen LogP) is 2.53. The Morgan fingerprint density at radius 2 is 1.75 bits per heavy atom. The number of rotatable bonds is 7. The molecule has 0 bridgehead atoms. The minimum Gasteiger partial charge on any atom is -0.364 e. The van der Waals surface area contributed by atoms with Crippen molar-refractivity contribution in [1.29, 1.82) is 0 Å². The molecule has 2 atom stereocenters. The number of halogens is 1. The monoisotopic (exact) mass is 403 g/mol. The van der Waals surface area contributed by atoms with E-state index in [0.717, 1.165) is 18.4 Å². The number of hydrogen-bond acceptors (Lipinski definition) is 4. The Labute approximate surface area is 171 Å². The van der Waals surface area contributed by atoms with Gasteiger partial charge >= 0.3 is 0 Å². The number of hydrogen-bond donors (Lipinski definition) is 3. The summed E-state index contributed by atoms with van der Waals surface area (Å²) < 4.78 is 5.62. The van der Waals surface area contributed by atoms with Crippen LogP contribution in [0.3, 0.4) is 0 Å². The van der Waals surface area contributed by atoms with Gasteiger partial charge in [0.2, 0.25) is 0 Å². The Bertz CT molecular complexity index is 785. The Kier molecular flexibility index (Phi) is 8.44. The number of ether oxygens (including phenoxy) is 1. The van der Waals surface area contributed by atoms with Gasteiger partial charge in [-0.3, -0.25) is 9.59 Å². The molecule has 3 rings (SSSR count). The van der Waals surface area contributed by atoms with Crippen LogP contribution in [0, 0.1) is 0 Å². The molecular weight excluding hydrogens is 378 g/mol. The molecule has 0 radical (unpaired) electrons. The summed E-state index contributed by atoms with van der Waals surface area (Å²) in [6.07, 6.45) is 1.57. The lowest BCUT2D eigenvalue weighted by molar-refractivity contribution is -0.126. The molecule has 6 nitrogen and oxygen atoms in total. The minimum atomic E-state index is -0.521. The van der Waals surface area contributed by atoms with E-state index in [4.69, 9.17) is 10.5 Å². The fraction of sp³-hybridized carbons (Fsp3) is 0.333. The second-order valence-corrected chi connectivity index (χ2v) is 6.59. The topological polar surface area (TPSA) is 93.5 Å². The molecule has 2 aromatic carbocycles. The predicted molar refractivity (Wildman–Crippen MR) is 112 cm³/mol. The Hall–Kier alpha value is -2.41. The van der Waals surface area contributed by atoms with Crippen LogP contribution in [-0.4, -0.2) is 37.1 Å². The molecule has 7 heteroatoms. The van der Waals surface area contributed by atoms with Crippen molar-refractivity contribution in [2.75, 3.05) is 18.4 Å². The minimum absolute atomic E-state index is 0. The molecule has 2 amide bonds. The molecule has 0 aliphatic carbocycles. The molecule has 1 heterocycles. The molecule has 1 aliphatic heterocycles. The van der Waals surface area contributed by atoms with Gasteiger partial charge in [-0.05, 0) is 37.0 Å². The van der Waals surface area contributed by atoms with Crippen LogP contribution in [0.2, 0.25) is 0 Å². The lowest BCUT2D eigenvalue weighted by atomic mass is 10.1. The van der Waals surface area contributed by atoms with Crippen molar-refractivity contribution in [3.63, 3.8) is 0 Å². The number of carbonyl (C=O) groups is 2. The Morgan fingerprint density at radius 3 is 2.46 bits per heavy atom. The van der Waals surface area contributed by atoms with E-state index in [2.05, 4.69) is 10.6 Å². The fourth-order valence-corrected chi connectivity index (χ4v) is 3.14. The average molecular weight is 404 g/mol. The van der Waals surface area contributed by atoms with E-state index >= 15 is 0 Å². The van der Waals surface area contributed by atoms with E-state index in [-0.39, 0.29) is 30.3 Å². The summed E-state index contributed by atoms with van der Waals surface area (Å²) in [6, 6.07) is 16.9. The maximum atomic E-state index is 12.5. The molecule has 1 aliphatic rings. The van der Waals surface area contributed by atoms with E-state index in [9.17, 15) is 9.59 Å². The summed E-state index contributed by atoms with van der Waals surface area (Å²) in [5.74, 6) is -0.454. The van der Waals surface area contributed by atoms with Crippen LogP contribution >= 0.6 is 12.4 Å². The molecule has 0 spiro atoms. The number of anilines is 1. The number of carbonyl (C=O) groups excluding carboxylic acids is 2. The van der Waals surface area contributed by atoms with Crippen molar-refractivity contribution >= 4 is 29.9 Å². The third-order valence-corrected chi connectivity index (χ3v) is 4.63. The van der Waals surface area contributed by atoms with Crippen molar-refractivity contribution in [2.24, 2.45) is 5.73 Å². The van der Waals surface area contributed by atoms with Crippen LogP contribution in [0.1, 0.15) is 28.8 Å². The normalized spacial score (nSPS) is 18.2. The van der Waals surface area contributed by atoms with E-state index in [1.807, 2.05) is 30.3 Å². The van der Waals surface area contributed by atoms with E-state index < -0.39 is 6.10 Å². The number of nitrogens with two attached hydrogens (primary N) is 1. The first kappa shape index (κ1) is 21.9. The quantitative estimate of drug-likeness (QED) is 0.662. The lowest BCUT2D eigenvalue weighted by Crippen LogP contribution is -2.31. The van der Waals surface area contributed by atoms with Crippen molar-refractivity contribution in [1.82, 2.24) is 5.32 Å². The van der Waals surface area contributed by atoms with Gasteiger partial charge < -0.3 is 21.1 Å². The Balaban J connectivity index is 0.00000280. The molecular formula is C21H26ClN3O3. The summed E-state index contributed by atoms with van der Waals surface area (Å²) in [6.45, 7) is 0.930. The maximum Gasteiger partial charge on any atom is 0.253 e. The highest BCUT2D eigenvalue weighted by Gasteiger charge is 2.30. The molecule has 0 unspecified atom stereocenters. The third kappa shape index (κ3) is 5.79. The first-order chi connectivity index (χ1) is 13.2. The van der Waals surface area contributed by atoms with Gasteiger partial charge in [0.15, 0.2) is 0 Å². The standard InChI is InChI=1S/C21H25N3O3.ClH/c22-14-16-10-11-19(27-16)21(26)24-18-9-5-4-8-17(18)20(25)23-13-12-15-6-2-1-3-7-15;/h1-9,16,19H,10-14,22H2,(H,23,25)(H,24,26);1H/t16-,19+;/m1./s1. The molecule has 150 valence electrons. The van der Waals surface area contributed by atoms with Crippen molar-refractivity contribution in [3.05, 3.63) is 65.7 Å². The van der Waals surface area contributed by atoms with Gasteiger partial charge in [0.25, 0.3) is 11.8 Å². The molecule has 1 fully saturated rings. The fourth-order valence-electron chi connectivity index (χ4n) is 3.14. The number of nitrogens with one attached hydrogen (secondary N) is 2. The first-order valence-electron chi connectivity index (χ1n) is 9.25. The number of amides is 2. The van der Waals surface area contributed by atoms with Crippen molar-refractivity contribution in [2.45, 2.75) is 31.5 Å². The highest BCUT2D eigenvalue weighted by atomic mass is 35.5. The molecule has 2 aromatic rings. The van der Waals surface area contributed by atoms with Gasteiger partial charge in [0.05, 0.1) is 17.4 Å². The molecule has 0 aromatic heterocycles. The lowest BCUT2D eigenvalue weighted by Gasteiger charge is -2.15. The van der Waals surface area contributed by atoms with Gasteiger partial charge in [-0.1, -0.05) is 42.5 Å². The first-order valence-corrected chi connectivity index (χ1v) is 9.25. The van der Waals surface area contributed by atoms with Gasteiger partial charge in [0.1, 0.15) is 6.10 Å². The highest BCUT2D eigenvalue weighted by Crippen LogP contribution is 2.22. The smallest absolute Gasteiger partial charge is 0.253 e. The van der Waals surface area contributed by atoms with Crippen molar-refractivity contribution in [3.8, 4) is 0 Å². The molecule has 28 heavy (non-hydrogen) atoms. The summed E-state index contributed by atoms with van der Waals surface area (Å²) in [5.41, 5.74) is 7.67. The second kappa shape index (κ2) is 10.8. The van der Waals surface area contributed by atoms with Crippen LogP contribution < -0.4 is 16.4 Å². The zero-order valence-electron chi connectivity index (χ0n) is 15.6. The van der Waals surface area contributed by atoms with E-state index in [1.165, 1.54) is 0 Å². The number of benzene rings is 2. The largest absolute Gasteiger partial charge is 0.364 e. The summed E-state index contributed by atoms with van der Waals surface area (Å²) in [5, 5.41) is 5.73. The SMILES string of the molecule is Cl.NC[C@H]1CC[C@@H](C(=O)Nc2ccccc2C(=O)NCCc2ccccc2)O1. The van der Waals surface area contributed by atoms with Crippen LogP contribution in [0.4, 0.5) is 5.69 Å². The van der Waals surface area contributed by atoms with Gasteiger partial charge in [-0.25, -0.2) is 0 Å².